The normalized spacial score (nSPS) is 25.2. The van der Waals surface area contributed by atoms with Crippen molar-refractivity contribution < 1.29 is 24.1 Å². The van der Waals surface area contributed by atoms with Crippen molar-refractivity contribution in [2.75, 3.05) is 91.9 Å². The van der Waals surface area contributed by atoms with E-state index in [1.807, 2.05) is 0 Å². The molecule has 4 aliphatic heterocycles. The predicted molar refractivity (Wildman–Crippen MR) is 190 cm³/mol. The number of aliphatic carboxylic acids is 1. The zero-order valence-electron chi connectivity index (χ0n) is 26.3. The highest BCUT2D eigenvalue weighted by Gasteiger charge is 2.45. The maximum Gasteiger partial charge on any atom is 0.361 e. The van der Waals surface area contributed by atoms with E-state index in [9.17, 15) is 9.90 Å². The molecule has 0 aromatic rings. The highest BCUT2D eigenvalue weighted by atomic mass is 35.5. The van der Waals surface area contributed by atoms with Crippen LogP contribution < -0.4 is 0 Å². The number of nitrogens with zero attached hydrogens (tertiary/aromatic N) is 4. The molecule has 0 amide bonds. The first-order valence-electron chi connectivity index (χ1n) is 16.2. The van der Waals surface area contributed by atoms with E-state index in [4.69, 9.17) is 14.2 Å². The molecule has 0 bridgehead atoms. The summed E-state index contributed by atoms with van der Waals surface area (Å²) in [6.45, 7) is 11.5. The molecule has 7 aliphatic rings. The standard InChI is InChI=1S/C33H44N4O5S.3ClH/c38-33(39)31-34-21-24-22-42-32(37(11-9-35-13-17-40-18-14-35)12-10-36-15-19-41-20-16-36)28-26-8-4-7-25(26)27(29(28)30(24)43-31)23-5-2-1-3-6-23;;;/h4,7-8,23,26H,1-3,5-6,9-22H2,(H,38,39);3*1H. The fourth-order valence-corrected chi connectivity index (χ4v) is 8.62. The molecule has 1 saturated carbocycles. The van der Waals surface area contributed by atoms with Gasteiger partial charge in [0.2, 0.25) is 0 Å². The third-order valence-corrected chi connectivity index (χ3v) is 11.1. The van der Waals surface area contributed by atoms with Gasteiger partial charge >= 0.3 is 5.97 Å². The average molecular weight is 718 g/mol. The van der Waals surface area contributed by atoms with E-state index in [0.717, 1.165) is 95.1 Å². The van der Waals surface area contributed by atoms with Gasteiger partial charge < -0.3 is 24.2 Å². The molecule has 46 heavy (non-hydrogen) atoms. The summed E-state index contributed by atoms with van der Waals surface area (Å²) in [7, 11) is 0. The highest BCUT2D eigenvalue weighted by molar-refractivity contribution is 8.19. The van der Waals surface area contributed by atoms with Crippen LogP contribution >= 0.6 is 49.0 Å². The lowest BCUT2D eigenvalue weighted by atomic mass is 9.80. The second-order valence-corrected chi connectivity index (χ2v) is 13.5. The molecule has 256 valence electrons. The Morgan fingerprint density at radius 2 is 1.57 bits per heavy atom. The van der Waals surface area contributed by atoms with Gasteiger partial charge in [0, 0.05) is 79.9 Å². The summed E-state index contributed by atoms with van der Waals surface area (Å²) in [5.74, 6) is 0.681. The number of carboxylic acid groups (broad SMARTS) is 1. The van der Waals surface area contributed by atoms with Gasteiger partial charge in [-0.3, -0.25) is 14.8 Å². The van der Waals surface area contributed by atoms with Gasteiger partial charge in [-0.05, 0) is 29.9 Å². The molecule has 3 aliphatic carbocycles. The van der Waals surface area contributed by atoms with Crippen LogP contribution in [0, 0.1) is 11.8 Å². The van der Waals surface area contributed by atoms with Gasteiger partial charge in [0.25, 0.3) is 0 Å². The number of fused-ring (bicyclic) bond motifs is 4. The van der Waals surface area contributed by atoms with E-state index in [2.05, 4.69) is 37.9 Å². The second kappa shape index (κ2) is 17.2. The Hall–Kier alpha value is -1.50. The van der Waals surface area contributed by atoms with Gasteiger partial charge in [0.05, 0.1) is 33.0 Å². The summed E-state index contributed by atoms with van der Waals surface area (Å²) < 4.78 is 18.2. The van der Waals surface area contributed by atoms with Gasteiger partial charge in [0.15, 0.2) is 10.9 Å². The molecule has 1 unspecified atom stereocenters. The molecule has 0 radical (unpaired) electrons. The molecule has 13 heteroatoms. The average Bonchev–Trinajstić information content (AvgIpc) is 3.60. The van der Waals surface area contributed by atoms with E-state index >= 15 is 0 Å². The smallest absolute Gasteiger partial charge is 0.361 e. The van der Waals surface area contributed by atoms with Crippen LogP contribution in [0.1, 0.15) is 32.1 Å². The van der Waals surface area contributed by atoms with Crippen molar-refractivity contribution in [2.24, 2.45) is 16.8 Å². The van der Waals surface area contributed by atoms with E-state index < -0.39 is 5.97 Å². The van der Waals surface area contributed by atoms with Crippen molar-refractivity contribution in [2.45, 2.75) is 32.1 Å². The van der Waals surface area contributed by atoms with Crippen LogP contribution in [0.2, 0.25) is 0 Å². The van der Waals surface area contributed by atoms with Crippen LogP contribution in [-0.2, 0) is 19.0 Å². The van der Waals surface area contributed by atoms with Crippen LogP contribution in [0.15, 0.2) is 61.9 Å². The molecule has 0 spiro atoms. The first-order valence-corrected chi connectivity index (χ1v) is 17.0. The number of allylic oxidation sites excluding steroid dienone is 7. The number of carbonyl (C=O) groups is 1. The van der Waals surface area contributed by atoms with Gasteiger partial charge in [-0.25, -0.2) is 4.79 Å². The first kappa shape index (κ1) is 37.3. The number of hydrogen-bond acceptors (Lipinski definition) is 9. The van der Waals surface area contributed by atoms with Crippen LogP contribution in [0.4, 0.5) is 0 Å². The largest absolute Gasteiger partial charge is 0.476 e. The van der Waals surface area contributed by atoms with E-state index in [1.54, 1.807) is 0 Å². The topological polar surface area (TPSA) is 87.1 Å². The van der Waals surface area contributed by atoms with Crippen molar-refractivity contribution in [3.63, 3.8) is 0 Å². The van der Waals surface area contributed by atoms with Gasteiger partial charge in [-0.15, -0.1) is 37.2 Å². The Bertz CT molecular complexity index is 1280. The fraction of sp³-hybridized carbons (Fsp3) is 0.636. The molecular weight excluding hydrogens is 671 g/mol. The lowest BCUT2D eigenvalue weighted by molar-refractivity contribution is -0.129. The fourth-order valence-electron chi connectivity index (χ4n) is 7.62. The summed E-state index contributed by atoms with van der Waals surface area (Å²) >= 11 is 1.35. The lowest BCUT2D eigenvalue weighted by Gasteiger charge is -2.35. The van der Waals surface area contributed by atoms with E-state index in [0.29, 0.717) is 19.1 Å². The minimum Gasteiger partial charge on any atom is -0.476 e. The number of carboxylic acids is 1. The quantitative estimate of drug-likeness (QED) is 0.357. The Morgan fingerprint density at radius 1 is 0.935 bits per heavy atom. The molecule has 7 rings (SSSR count). The van der Waals surface area contributed by atoms with Crippen molar-refractivity contribution in [1.29, 1.82) is 0 Å². The molecule has 1 N–H and O–H groups in total. The van der Waals surface area contributed by atoms with Crippen molar-refractivity contribution in [3.05, 3.63) is 56.9 Å². The number of aliphatic imine (C=N–C) groups is 1. The molecule has 1 atom stereocenters. The second-order valence-electron chi connectivity index (χ2n) is 12.5. The first-order chi connectivity index (χ1) is 21.2. The van der Waals surface area contributed by atoms with Gasteiger partial charge in [-0.2, -0.15) is 0 Å². The SMILES string of the molecule is Cl.Cl.Cl.O=C(O)C1=NCC2=C(S1)C1=C(C3CCCCC3)C3=CC=CC3C1=C(N(CCN1CCOCC1)CCN1CCOCC1)OC2. The zero-order chi connectivity index (χ0) is 29.2. The monoisotopic (exact) mass is 716 g/mol. The number of morpholine rings is 2. The van der Waals surface area contributed by atoms with Crippen molar-refractivity contribution >= 4 is 60.0 Å². The van der Waals surface area contributed by atoms with E-state index in [1.165, 1.54) is 66.2 Å². The van der Waals surface area contributed by atoms with E-state index in [-0.39, 0.29) is 48.2 Å². The number of hydrogen-bond donors (Lipinski definition) is 1. The summed E-state index contributed by atoms with van der Waals surface area (Å²) in [4.78, 5) is 25.2. The van der Waals surface area contributed by atoms with Crippen molar-refractivity contribution in [1.82, 2.24) is 14.7 Å². The predicted octanol–water partition coefficient (Wildman–Crippen LogP) is 4.95. The molecule has 0 aromatic carbocycles. The van der Waals surface area contributed by atoms with Crippen LogP contribution in [0.25, 0.3) is 0 Å². The summed E-state index contributed by atoms with van der Waals surface area (Å²) in [6, 6.07) is 0. The Morgan fingerprint density at radius 3 is 2.17 bits per heavy atom. The number of halogens is 3. The van der Waals surface area contributed by atoms with Crippen LogP contribution in [-0.4, -0.2) is 123 Å². The maximum absolute atomic E-state index is 12.1. The van der Waals surface area contributed by atoms with Gasteiger partial charge in [0.1, 0.15) is 6.61 Å². The minimum absolute atomic E-state index is 0. The molecule has 4 heterocycles. The highest BCUT2D eigenvalue weighted by Crippen LogP contribution is 2.57. The Labute approximate surface area is 295 Å². The van der Waals surface area contributed by atoms with Gasteiger partial charge in [-0.1, -0.05) is 49.3 Å². The minimum atomic E-state index is -0.942. The number of ether oxygens (including phenoxy) is 3. The molecule has 9 nitrogen and oxygen atoms in total. The zero-order valence-corrected chi connectivity index (χ0v) is 29.6. The number of rotatable bonds is 9. The van der Waals surface area contributed by atoms with Crippen molar-refractivity contribution in [3.8, 4) is 0 Å². The lowest BCUT2D eigenvalue weighted by Crippen LogP contribution is -2.45. The third kappa shape index (κ3) is 7.86. The molecule has 2 saturated heterocycles. The summed E-state index contributed by atoms with van der Waals surface area (Å²) in [6.07, 6.45) is 13.0. The molecule has 3 fully saturated rings. The van der Waals surface area contributed by atoms with Crippen LogP contribution in [0.5, 0.6) is 0 Å². The van der Waals surface area contributed by atoms with Crippen LogP contribution in [0.3, 0.4) is 0 Å². The third-order valence-electron chi connectivity index (χ3n) is 9.91. The molecule has 0 aromatic heterocycles. The molecular formula is C33H47Cl3N4O5S. The Balaban J connectivity index is 0.00000160. The summed E-state index contributed by atoms with van der Waals surface area (Å²) in [5.41, 5.74) is 6.45. The Kier molecular flexibility index (Phi) is 14.0. The maximum atomic E-state index is 12.1. The number of thioether (sulfide) groups is 1. The summed E-state index contributed by atoms with van der Waals surface area (Å²) in [5, 5.41) is 10.1.